The normalized spacial score (nSPS) is 11.7. The lowest BCUT2D eigenvalue weighted by atomic mass is 10.2. The fourth-order valence-corrected chi connectivity index (χ4v) is 1.96. The zero-order chi connectivity index (χ0) is 15.2. The van der Waals surface area contributed by atoms with E-state index in [0.29, 0.717) is 17.8 Å². The summed E-state index contributed by atoms with van der Waals surface area (Å²) in [4.78, 5) is 26.9. The van der Waals surface area contributed by atoms with Gasteiger partial charge in [0.1, 0.15) is 0 Å². The number of hydrogen-bond acceptors (Lipinski definition) is 3. The second-order valence-electron chi connectivity index (χ2n) is 4.87. The SMILES string of the molecule is CC(=O)Nc1ccc(NC(=O)C[C@@H](C)n2ccnc2)cc1. The highest BCUT2D eigenvalue weighted by molar-refractivity contribution is 5.92. The standard InChI is InChI=1S/C15H18N4O2/c1-11(19-8-7-16-10-19)9-15(21)18-14-5-3-13(4-6-14)17-12(2)20/h3-8,10-11H,9H2,1-2H3,(H,17,20)(H,18,21)/t11-/m1/s1. The molecular weight excluding hydrogens is 268 g/mol. The van der Waals surface area contributed by atoms with E-state index in [2.05, 4.69) is 15.6 Å². The summed E-state index contributed by atoms with van der Waals surface area (Å²) in [6, 6.07) is 7.05. The Hall–Kier alpha value is -2.63. The zero-order valence-electron chi connectivity index (χ0n) is 12.0. The smallest absolute Gasteiger partial charge is 0.226 e. The molecule has 110 valence electrons. The number of nitrogens with zero attached hydrogens (tertiary/aromatic N) is 2. The number of benzene rings is 1. The van der Waals surface area contributed by atoms with Crippen LogP contribution in [0.1, 0.15) is 26.3 Å². The first-order valence-corrected chi connectivity index (χ1v) is 6.69. The van der Waals surface area contributed by atoms with Gasteiger partial charge in [-0.25, -0.2) is 4.98 Å². The van der Waals surface area contributed by atoms with Crippen molar-refractivity contribution in [1.82, 2.24) is 9.55 Å². The number of carbonyl (C=O) groups excluding carboxylic acids is 2. The minimum atomic E-state index is -0.124. The third-order valence-corrected chi connectivity index (χ3v) is 3.00. The molecule has 2 N–H and O–H groups in total. The molecule has 0 spiro atoms. The topological polar surface area (TPSA) is 76.0 Å². The van der Waals surface area contributed by atoms with Gasteiger partial charge >= 0.3 is 0 Å². The van der Waals surface area contributed by atoms with Crippen molar-refractivity contribution in [2.45, 2.75) is 26.3 Å². The molecule has 2 rings (SSSR count). The van der Waals surface area contributed by atoms with Crippen molar-refractivity contribution >= 4 is 23.2 Å². The molecule has 0 aliphatic heterocycles. The number of amides is 2. The molecule has 21 heavy (non-hydrogen) atoms. The molecule has 0 saturated heterocycles. The number of carbonyl (C=O) groups is 2. The lowest BCUT2D eigenvalue weighted by Gasteiger charge is -2.13. The average molecular weight is 286 g/mol. The molecule has 1 aromatic carbocycles. The second-order valence-corrected chi connectivity index (χ2v) is 4.87. The van der Waals surface area contributed by atoms with Crippen LogP contribution in [-0.4, -0.2) is 21.4 Å². The molecule has 0 aliphatic carbocycles. The summed E-state index contributed by atoms with van der Waals surface area (Å²) < 4.78 is 1.89. The van der Waals surface area contributed by atoms with Crippen LogP contribution < -0.4 is 10.6 Å². The minimum Gasteiger partial charge on any atom is -0.334 e. The zero-order valence-corrected chi connectivity index (χ0v) is 12.0. The Balaban J connectivity index is 1.89. The van der Waals surface area contributed by atoms with E-state index >= 15 is 0 Å². The van der Waals surface area contributed by atoms with Crippen LogP contribution in [0, 0.1) is 0 Å². The van der Waals surface area contributed by atoms with Gasteiger partial charge in [0.05, 0.1) is 6.33 Å². The Morgan fingerprint density at radius 2 is 1.81 bits per heavy atom. The number of anilines is 2. The third-order valence-electron chi connectivity index (χ3n) is 3.00. The van der Waals surface area contributed by atoms with Gasteiger partial charge in [0.2, 0.25) is 11.8 Å². The van der Waals surface area contributed by atoms with Crippen LogP contribution in [0.25, 0.3) is 0 Å². The third kappa shape index (κ3) is 4.45. The molecule has 1 aromatic heterocycles. The summed E-state index contributed by atoms with van der Waals surface area (Å²) >= 11 is 0. The van der Waals surface area contributed by atoms with Gasteiger partial charge < -0.3 is 15.2 Å². The summed E-state index contributed by atoms with van der Waals surface area (Å²) in [5.41, 5.74) is 1.40. The minimum absolute atomic E-state index is 0.0474. The second kappa shape index (κ2) is 6.69. The highest BCUT2D eigenvalue weighted by Crippen LogP contribution is 2.15. The summed E-state index contributed by atoms with van der Waals surface area (Å²) in [6.07, 6.45) is 5.58. The number of hydrogen-bond donors (Lipinski definition) is 2. The quantitative estimate of drug-likeness (QED) is 0.886. The van der Waals surface area contributed by atoms with Crippen LogP contribution >= 0.6 is 0 Å². The molecular formula is C15H18N4O2. The maximum Gasteiger partial charge on any atom is 0.226 e. The van der Waals surface area contributed by atoms with Gasteiger partial charge in [-0.3, -0.25) is 9.59 Å². The van der Waals surface area contributed by atoms with Crippen molar-refractivity contribution in [3.8, 4) is 0 Å². The van der Waals surface area contributed by atoms with Gasteiger partial charge in [0.25, 0.3) is 0 Å². The molecule has 6 heteroatoms. The Kier molecular flexibility index (Phi) is 4.71. The lowest BCUT2D eigenvalue weighted by molar-refractivity contribution is -0.117. The molecule has 1 heterocycles. The van der Waals surface area contributed by atoms with Crippen LogP contribution in [0.3, 0.4) is 0 Å². The van der Waals surface area contributed by atoms with Gasteiger partial charge in [0.15, 0.2) is 0 Å². The maximum absolute atomic E-state index is 12.0. The van der Waals surface area contributed by atoms with Crippen LogP contribution in [0.15, 0.2) is 43.0 Å². The Bertz CT molecular complexity index is 605. The fourth-order valence-electron chi connectivity index (χ4n) is 1.96. The summed E-state index contributed by atoms with van der Waals surface area (Å²) in [6.45, 7) is 3.41. The van der Waals surface area contributed by atoms with E-state index in [1.807, 2.05) is 17.7 Å². The number of aromatic nitrogens is 2. The predicted octanol–water partition coefficient (Wildman–Crippen LogP) is 2.43. The lowest BCUT2D eigenvalue weighted by Crippen LogP contribution is -2.17. The van der Waals surface area contributed by atoms with Crippen LogP contribution in [0.4, 0.5) is 11.4 Å². The van der Waals surface area contributed by atoms with Gasteiger partial charge in [-0.15, -0.1) is 0 Å². The molecule has 2 aromatic rings. The maximum atomic E-state index is 12.0. The number of imidazole rings is 1. The first-order valence-electron chi connectivity index (χ1n) is 6.69. The van der Waals surface area contributed by atoms with Crippen molar-refractivity contribution in [2.24, 2.45) is 0 Å². The summed E-state index contributed by atoms with van der Waals surface area (Å²) in [5, 5.41) is 5.50. The van der Waals surface area contributed by atoms with E-state index in [9.17, 15) is 9.59 Å². The van der Waals surface area contributed by atoms with E-state index in [1.54, 1.807) is 36.8 Å². The van der Waals surface area contributed by atoms with Gasteiger partial charge in [0, 0.05) is 43.2 Å². The van der Waals surface area contributed by atoms with E-state index in [1.165, 1.54) is 6.92 Å². The highest BCUT2D eigenvalue weighted by Gasteiger charge is 2.10. The van der Waals surface area contributed by atoms with Crippen molar-refractivity contribution in [3.05, 3.63) is 43.0 Å². The Morgan fingerprint density at radius 3 is 2.33 bits per heavy atom. The van der Waals surface area contributed by atoms with Gasteiger partial charge in [-0.2, -0.15) is 0 Å². The van der Waals surface area contributed by atoms with E-state index in [-0.39, 0.29) is 17.9 Å². The first-order chi connectivity index (χ1) is 10.0. The fraction of sp³-hybridized carbons (Fsp3) is 0.267. The summed E-state index contributed by atoms with van der Waals surface area (Å²) in [7, 11) is 0. The molecule has 0 radical (unpaired) electrons. The van der Waals surface area contributed by atoms with E-state index in [4.69, 9.17) is 0 Å². The molecule has 0 saturated carbocycles. The number of rotatable bonds is 5. The van der Waals surface area contributed by atoms with Crippen molar-refractivity contribution in [2.75, 3.05) is 10.6 Å². The average Bonchev–Trinajstić information content (AvgIpc) is 2.94. The number of nitrogens with one attached hydrogen (secondary N) is 2. The molecule has 0 bridgehead atoms. The van der Waals surface area contributed by atoms with Crippen molar-refractivity contribution in [1.29, 1.82) is 0 Å². The van der Waals surface area contributed by atoms with Crippen LogP contribution in [-0.2, 0) is 9.59 Å². The predicted molar refractivity (Wildman–Crippen MR) is 80.9 cm³/mol. The molecule has 0 fully saturated rings. The summed E-state index contributed by atoms with van der Waals surface area (Å²) in [5.74, 6) is -0.190. The molecule has 1 atom stereocenters. The van der Waals surface area contributed by atoms with Crippen LogP contribution in [0.2, 0.25) is 0 Å². The molecule has 0 aliphatic rings. The molecule has 0 unspecified atom stereocenters. The Morgan fingerprint density at radius 1 is 1.19 bits per heavy atom. The van der Waals surface area contributed by atoms with Gasteiger partial charge in [-0.05, 0) is 31.2 Å². The van der Waals surface area contributed by atoms with Crippen molar-refractivity contribution in [3.63, 3.8) is 0 Å². The largest absolute Gasteiger partial charge is 0.334 e. The van der Waals surface area contributed by atoms with Crippen LogP contribution in [0.5, 0.6) is 0 Å². The van der Waals surface area contributed by atoms with E-state index in [0.717, 1.165) is 0 Å². The van der Waals surface area contributed by atoms with Gasteiger partial charge in [-0.1, -0.05) is 0 Å². The molecule has 6 nitrogen and oxygen atoms in total. The van der Waals surface area contributed by atoms with Crippen molar-refractivity contribution < 1.29 is 9.59 Å². The highest BCUT2D eigenvalue weighted by atomic mass is 16.2. The monoisotopic (exact) mass is 286 g/mol. The van der Waals surface area contributed by atoms with E-state index < -0.39 is 0 Å². The Labute approximate surface area is 123 Å². The first kappa shape index (κ1) is 14.8. The molecule has 2 amide bonds.